The van der Waals surface area contributed by atoms with Gasteiger partial charge in [-0.2, -0.15) is 0 Å². The third-order valence-corrected chi connectivity index (χ3v) is 2.86. The smallest absolute Gasteiger partial charge is 0.307 e. The molecule has 0 bridgehead atoms. The van der Waals surface area contributed by atoms with E-state index in [-0.39, 0.29) is 18.4 Å². The lowest BCUT2D eigenvalue weighted by molar-refractivity contribution is -0.141. The molecule has 0 amide bonds. The van der Waals surface area contributed by atoms with Crippen molar-refractivity contribution in [3.05, 3.63) is 29.8 Å². The lowest BCUT2D eigenvalue weighted by atomic mass is 10.1. The van der Waals surface area contributed by atoms with E-state index in [0.717, 1.165) is 10.5 Å². The normalized spacial score (nSPS) is 12.2. The minimum absolute atomic E-state index is 0.217. The van der Waals surface area contributed by atoms with E-state index in [9.17, 15) is 4.79 Å². The fraction of sp³-hybridized carbons (Fsp3) is 0.364. The molecule has 3 nitrogen and oxygen atoms in total. The van der Waals surface area contributed by atoms with Crippen LogP contribution in [0.25, 0.3) is 0 Å². The summed E-state index contributed by atoms with van der Waals surface area (Å²) in [7, 11) is 1.37. The molecule has 1 aromatic carbocycles. The van der Waals surface area contributed by atoms with Gasteiger partial charge in [0.2, 0.25) is 0 Å². The molecule has 82 valence electrons. The molecule has 4 heteroatoms. The second kappa shape index (κ2) is 5.78. The van der Waals surface area contributed by atoms with Gasteiger partial charge in [-0.15, -0.1) is 11.8 Å². The molecule has 0 aromatic heterocycles. The number of carbonyl (C=O) groups excluding carboxylic acids is 1. The maximum absolute atomic E-state index is 11.0. The predicted octanol–water partition coefficient (Wildman–Crippen LogP) is 1.97. The Bertz CT molecular complexity index is 341. The van der Waals surface area contributed by atoms with Crippen LogP contribution in [0.3, 0.4) is 0 Å². The molecule has 0 radical (unpaired) electrons. The highest BCUT2D eigenvalue weighted by Crippen LogP contribution is 2.21. The molecule has 1 atom stereocenters. The Morgan fingerprint density at radius 2 is 2.33 bits per heavy atom. The summed E-state index contributed by atoms with van der Waals surface area (Å²) in [5.74, 6) is -0.281. The van der Waals surface area contributed by atoms with Crippen LogP contribution >= 0.6 is 11.8 Å². The average Bonchev–Trinajstić information content (AvgIpc) is 2.28. The maximum atomic E-state index is 11.0. The molecule has 0 unspecified atom stereocenters. The van der Waals surface area contributed by atoms with E-state index in [4.69, 9.17) is 5.73 Å². The quantitative estimate of drug-likeness (QED) is 0.628. The molecule has 0 spiro atoms. The Morgan fingerprint density at radius 3 is 2.93 bits per heavy atom. The zero-order valence-corrected chi connectivity index (χ0v) is 9.71. The SMILES string of the molecule is COC(=O)C[C@H](N)c1cccc(SC)c1. The van der Waals surface area contributed by atoms with E-state index in [1.54, 1.807) is 11.8 Å². The van der Waals surface area contributed by atoms with Gasteiger partial charge in [0, 0.05) is 10.9 Å². The van der Waals surface area contributed by atoms with Gasteiger partial charge >= 0.3 is 5.97 Å². The van der Waals surface area contributed by atoms with Crippen molar-refractivity contribution in [1.29, 1.82) is 0 Å². The Morgan fingerprint density at radius 1 is 1.60 bits per heavy atom. The summed E-state index contributed by atoms with van der Waals surface area (Å²) in [5, 5.41) is 0. The number of methoxy groups -OCH3 is 1. The molecule has 2 N–H and O–H groups in total. The van der Waals surface area contributed by atoms with Crippen molar-refractivity contribution in [3.63, 3.8) is 0 Å². The molecule has 0 aliphatic heterocycles. The molecule has 1 aromatic rings. The van der Waals surface area contributed by atoms with Crippen molar-refractivity contribution in [3.8, 4) is 0 Å². The highest BCUT2D eigenvalue weighted by atomic mass is 32.2. The van der Waals surface area contributed by atoms with Crippen molar-refractivity contribution in [2.24, 2.45) is 5.73 Å². The molecule has 0 saturated carbocycles. The van der Waals surface area contributed by atoms with Crippen molar-refractivity contribution in [1.82, 2.24) is 0 Å². The second-order valence-electron chi connectivity index (χ2n) is 3.16. The third-order valence-electron chi connectivity index (χ3n) is 2.14. The van der Waals surface area contributed by atoms with E-state index < -0.39 is 0 Å². The topological polar surface area (TPSA) is 52.3 Å². The predicted molar refractivity (Wildman–Crippen MR) is 61.8 cm³/mol. The van der Waals surface area contributed by atoms with Crippen LogP contribution in [0.1, 0.15) is 18.0 Å². The average molecular weight is 225 g/mol. The van der Waals surface area contributed by atoms with E-state index in [1.807, 2.05) is 30.5 Å². The van der Waals surface area contributed by atoms with Gasteiger partial charge in [-0.05, 0) is 24.0 Å². The summed E-state index contributed by atoms with van der Waals surface area (Å²) in [5.41, 5.74) is 6.85. The van der Waals surface area contributed by atoms with Gasteiger partial charge in [0.15, 0.2) is 0 Å². The molecule has 0 saturated heterocycles. The molecular weight excluding hydrogens is 210 g/mol. The zero-order chi connectivity index (χ0) is 11.3. The number of nitrogens with two attached hydrogens (primary N) is 1. The van der Waals surface area contributed by atoms with Gasteiger partial charge in [0.1, 0.15) is 0 Å². The number of rotatable bonds is 4. The molecule has 0 heterocycles. The second-order valence-corrected chi connectivity index (χ2v) is 4.04. The summed E-state index contributed by atoms with van der Waals surface area (Å²) in [6, 6.07) is 7.59. The molecule has 15 heavy (non-hydrogen) atoms. The van der Waals surface area contributed by atoms with E-state index in [1.165, 1.54) is 7.11 Å². The first-order valence-corrected chi connectivity index (χ1v) is 5.86. The Hall–Kier alpha value is -1.00. The lowest BCUT2D eigenvalue weighted by Crippen LogP contribution is -2.16. The van der Waals surface area contributed by atoms with Crippen LogP contribution in [-0.2, 0) is 9.53 Å². The number of esters is 1. The fourth-order valence-electron chi connectivity index (χ4n) is 1.25. The van der Waals surface area contributed by atoms with Gasteiger partial charge in [-0.1, -0.05) is 12.1 Å². The lowest BCUT2D eigenvalue weighted by Gasteiger charge is -2.11. The summed E-state index contributed by atoms with van der Waals surface area (Å²) < 4.78 is 4.57. The van der Waals surface area contributed by atoms with Crippen LogP contribution in [-0.4, -0.2) is 19.3 Å². The first-order chi connectivity index (χ1) is 7.17. The Labute approximate surface area is 94.0 Å². The van der Waals surface area contributed by atoms with E-state index in [2.05, 4.69) is 4.74 Å². The largest absolute Gasteiger partial charge is 0.469 e. The number of thioether (sulfide) groups is 1. The highest BCUT2D eigenvalue weighted by molar-refractivity contribution is 7.98. The van der Waals surface area contributed by atoms with Gasteiger partial charge in [-0.25, -0.2) is 0 Å². The number of hydrogen-bond acceptors (Lipinski definition) is 4. The van der Waals surface area contributed by atoms with Crippen LogP contribution in [0.5, 0.6) is 0 Å². The summed E-state index contributed by atoms with van der Waals surface area (Å²) >= 11 is 1.65. The first-order valence-electron chi connectivity index (χ1n) is 4.63. The Kier molecular flexibility index (Phi) is 4.65. The van der Waals surface area contributed by atoms with Crippen LogP contribution in [0.2, 0.25) is 0 Å². The van der Waals surface area contributed by atoms with E-state index in [0.29, 0.717) is 0 Å². The van der Waals surface area contributed by atoms with Crippen LogP contribution in [0.4, 0.5) is 0 Å². The summed E-state index contributed by atoms with van der Waals surface area (Å²) in [4.78, 5) is 12.2. The summed E-state index contributed by atoms with van der Waals surface area (Å²) in [6.45, 7) is 0. The van der Waals surface area contributed by atoms with Gasteiger partial charge < -0.3 is 10.5 Å². The summed E-state index contributed by atoms with van der Waals surface area (Å²) in [6.07, 6.45) is 2.22. The van der Waals surface area contributed by atoms with Crippen molar-refractivity contribution in [2.75, 3.05) is 13.4 Å². The minimum Gasteiger partial charge on any atom is -0.469 e. The number of benzene rings is 1. The van der Waals surface area contributed by atoms with Crippen LogP contribution < -0.4 is 5.73 Å². The zero-order valence-electron chi connectivity index (χ0n) is 8.90. The van der Waals surface area contributed by atoms with Gasteiger partial charge in [0.25, 0.3) is 0 Å². The van der Waals surface area contributed by atoms with Crippen molar-refractivity contribution in [2.45, 2.75) is 17.4 Å². The number of carbonyl (C=O) groups is 1. The third kappa shape index (κ3) is 3.57. The molecule has 0 aliphatic rings. The maximum Gasteiger partial charge on any atom is 0.307 e. The highest BCUT2D eigenvalue weighted by Gasteiger charge is 2.11. The molecule has 0 fully saturated rings. The van der Waals surface area contributed by atoms with E-state index >= 15 is 0 Å². The van der Waals surface area contributed by atoms with Crippen molar-refractivity contribution < 1.29 is 9.53 Å². The van der Waals surface area contributed by atoms with Crippen LogP contribution in [0, 0.1) is 0 Å². The molecule has 0 aliphatic carbocycles. The monoisotopic (exact) mass is 225 g/mol. The number of ether oxygens (including phenoxy) is 1. The first kappa shape index (κ1) is 12.1. The molecular formula is C11H15NO2S. The molecule has 1 rings (SSSR count). The van der Waals surface area contributed by atoms with Crippen LogP contribution in [0.15, 0.2) is 29.2 Å². The van der Waals surface area contributed by atoms with Crippen molar-refractivity contribution >= 4 is 17.7 Å². The standard InChI is InChI=1S/C11H15NO2S/c1-14-11(13)7-10(12)8-4-3-5-9(6-8)15-2/h3-6,10H,7,12H2,1-2H3/t10-/m0/s1. The minimum atomic E-state index is -0.287. The number of hydrogen-bond donors (Lipinski definition) is 1. The van der Waals surface area contributed by atoms with Gasteiger partial charge in [-0.3, -0.25) is 4.79 Å². The van der Waals surface area contributed by atoms with Gasteiger partial charge in [0.05, 0.1) is 13.5 Å². The fourth-order valence-corrected chi connectivity index (χ4v) is 1.72. The Balaban J connectivity index is 2.72.